The standard InChI is InChI=1S/C79H93F10N10O16P/c1-43-20-51(27-63(101)93-77-31-47-22-48(32-77)30-76(29-47,42-77)69(105)106)66(61(21-43)115-116(108,109)110)73(2,3)33-65(103)114-62(39-97(95-68(104)56(28-64(102)111-8)74(4,5)78(84,85)86)38-55-57(80)24-49(25-58(55)81)59-18-19-98(94-59)70(82)83)50(26-60(100)67(92-72(107)112-9)75(6,7)79(87,88)89)23-45-13-10-44(11-14-45)12-15-46-34-90-71(91-35-46)96-36-52-16-17-53(37-96)99(52)54-40-113-41-54/h10-11,13-14,18-21,24-25,34-35,47-48,50,52-54,56,62,67,70H,16-17,22-23,26-33,36-42H2,1-9H3,(H,92,107)(H,93,101)(H,95,104)(H,105,106)(H2,108,109,110)/t47?,48?,50-,52?,53?,56-,62+,67-,76?,77?/m1/s1. The first kappa shape index (κ1) is 87.6. The number of ether oxygens (including phenoxy) is 4. The molecule has 4 saturated carbocycles. The van der Waals surface area contributed by atoms with Crippen LogP contribution >= 0.6 is 7.82 Å². The van der Waals surface area contributed by atoms with Crippen LogP contribution in [-0.2, 0) is 77.1 Å². The summed E-state index contributed by atoms with van der Waals surface area (Å²) in [6.07, 6.45) is -10.5. The van der Waals surface area contributed by atoms with E-state index in [1.165, 1.54) is 57.2 Å². The number of rotatable bonds is 31. The summed E-state index contributed by atoms with van der Waals surface area (Å²) < 4.78 is 193. The number of hydrogen-bond acceptors (Lipinski definition) is 19. The maximum absolute atomic E-state index is 17.0. The number of anilines is 1. The summed E-state index contributed by atoms with van der Waals surface area (Å²) >= 11 is 0. The van der Waals surface area contributed by atoms with Crippen LogP contribution in [-0.4, -0.2) is 181 Å². The number of carbonyl (C=O) groups is 7. The minimum absolute atomic E-state index is 0.0124. The zero-order chi connectivity index (χ0) is 84.7. The number of phosphoric ester groups is 1. The lowest BCUT2D eigenvalue weighted by Crippen LogP contribution is -2.64. The highest BCUT2D eigenvalue weighted by Crippen LogP contribution is 2.62. The second kappa shape index (κ2) is 34.0. The normalized spacial score (nSPS) is 22.0. The number of fused-ring (bicyclic) bond motifs is 2. The zero-order valence-electron chi connectivity index (χ0n) is 65.1. The number of nitrogens with one attached hydrogen (secondary N) is 3. The smallest absolute Gasteiger partial charge is 0.481 e. The molecule has 116 heavy (non-hydrogen) atoms. The highest BCUT2D eigenvalue weighted by Gasteiger charge is 2.62. The van der Waals surface area contributed by atoms with Crippen molar-refractivity contribution in [3.63, 3.8) is 0 Å². The lowest BCUT2D eigenvalue weighted by atomic mass is 9.47. The average molecular weight is 1660 g/mol. The van der Waals surface area contributed by atoms with Crippen molar-refractivity contribution in [3.05, 3.63) is 124 Å². The quantitative estimate of drug-likeness (QED) is 0.00599. The first-order chi connectivity index (χ1) is 54.2. The van der Waals surface area contributed by atoms with E-state index in [1.54, 1.807) is 12.4 Å². The number of aryl methyl sites for hydroxylation is 1. The van der Waals surface area contributed by atoms with Crippen LogP contribution in [0.3, 0.4) is 0 Å². The highest BCUT2D eigenvalue weighted by atomic mass is 31.2. The molecule has 7 fully saturated rings. The van der Waals surface area contributed by atoms with Gasteiger partial charge in [-0.1, -0.05) is 57.7 Å². The van der Waals surface area contributed by atoms with E-state index in [2.05, 4.69) is 52.2 Å². The third kappa shape index (κ3) is 19.8. The van der Waals surface area contributed by atoms with Gasteiger partial charge in [0, 0.05) is 95.9 Å². The molecule has 5 heterocycles. The summed E-state index contributed by atoms with van der Waals surface area (Å²) in [7, 11) is -3.98. The van der Waals surface area contributed by atoms with Gasteiger partial charge in [0.15, 0.2) is 5.78 Å². The third-order valence-electron chi connectivity index (χ3n) is 23.7. The molecule has 0 spiro atoms. The van der Waals surface area contributed by atoms with Crippen LogP contribution in [0.1, 0.15) is 158 Å². The number of methoxy groups -OCH3 is 2. The second-order valence-electron chi connectivity index (χ2n) is 33.4. The predicted molar refractivity (Wildman–Crippen MR) is 394 cm³/mol. The van der Waals surface area contributed by atoms with Gasteiger partial charge in [-0.2, -0.15) is 40.2 Å². The van der Waals surface area contributed by atoms with E-state index in [4.69, 9.17) is 18.7 Å². The van der Waals surface area contributed by atoms with Gasteiger partial charge in [0.2, 0.25) is 17.8 Å². The number of aliphatic carboxylic acids is 1. The number of Topliss-reactive ketones (excluding diaryl/α,β-unsaturated/α-hetero) is 1. The molecule has 3 saturated heterocycles. The number of alkyl halides is 8. The Balaban J connectivity index is 1.01. The lowest BCUT2D eigenvalue weighted by molar-refractivity contribution is -0.231. The van der Waals surface area contributed by atoms with E-state index in [9.17, 15) is 52.2 Å². The molecular weight excluding hydrogens is 1570 g/mol. The molecule has 26 nitrogen and oxygen atoms in total. The third-order valence-corrected chi connectivity index (χ3v) is 24.1. The Hall–Kier alpha value is -9.27. The van der Waals surface area contributed by atoms with Crippen molar-refractivity contribution in [1.29, 1.82) is 0 Å². The van der Waals surface area contributed by atoms with Gasteiger partial charge >= 0.3 is 50.7 Å². The molecule has 3 amide bonds. The molecule has 12 rings (SSSR count). The number of esters is 2. The van der Waals surface area contributed by atoms with Gasteiger partial charge in [-0.15, -0.1) is 0 Å². The van der Waals surface area contributed by atoms with E-state index in [-0.39, 0.29) is 45.2 Å². The molecule has 630 valence electrons. The first-order valence-electron chi connectivity index (χ1n) is 37.8. The van der Waals surface area contributed by atoms with Crippen molar-refractivity contribution in [2.24, 2.45) is 39.9 Å². The number of halogens is 10. The topological polar surface area (TPSA) is 333 Å². The molecule has 8 atom stereocenters. The molecule has 6 bridgehead atoms. The zero-order valence-corrected chi connectivity index (χ0v) is 66.0. The minimum Gasteiger partial charge on any atom is -0.481 e. The van der Waals surface area contributed by atoms with Crippen LogP contribution < -0.4 is 25.5 Å². The minimum atomic E-state index is -5.57. The number of hydrogen-bond donors (Lipinski definition) is 6. The Labute approximate surface area is 662 Å². The number of aromatic nitrogens is 4. The Kier molecular flexibility index (Phi) is 25.7. The van der Waals surface area contributed by atoms with Crippen molar-refractivity contribution < 1.29 is 120 Å². The summed E-state index contributed by atoms with van der Waals surface area (Å²) in [5.74, 6) is -9.03. The van der Waals surface area contributed by atoms with Crippen molar-refractivity contribution in [3.8, 4) is 28.8 Å². The van der Waals surface area contributed by atoms with Crippen molar-refractivity contribution >= 4 is 55.4 Å². The van der Waals surface area contributed by atoms with Crippen LogP contribution in [0.5, 0.6) is 5.75 Å². The van der Waals surface area contributed by atoms with Crippen LogP contribution in [0.25, 0.3) is 11.3 Å². The molecule has 5 aromatic rings. The molecule has 3 aromatic carbocycles. The molecule has 4 unspecified atom stereocenters. The molecule has 3 aliphatic heterocycles. The van der Waals surface area contributed by atoms with Gasteiger partial charge < -0.3 is 44.1 Å². The fraction of sp³-hybridized carbons (Fsp3) is 0.570. The molecule has 2 aromatic heterocycles. The lowest BCUT2D eigenvalue weighted by Gasteiger charge is -2.60. The Morgan fingerprint density at radius 1 is 0.784 bits per heavy atom. The van der Waals surface area contributed by atoms with E-state index in [0.717, 1.165) is 45.7 Å². The fourth-order valence-electron chi connectivity index (χ4n) is 18.0. The molecule has 6 N–H and O–H groups in total. The molecule has 7 aliphatic rings. The van der Waals surface area contributed by atoms with Crippen molar-refractivity contribution in [1.82, 2.24) is 45.7 Å². The number of piperazine rings is 1. The monoisotopic (exact) mass is 1660 g/mol. The van der Waals surface area contributed by atoms with Gasteiger partial charge in [0.05, 0.1) is 92.7 Å². The number of hydrazine groups is 1. The van der Waals surface area contributed by atoms with E-state index in [1.807, 2.05) is 5.32 Å². The van der Waals surface area contributed by atoms with Crippen LogP contribution in [0, 0.1) is 70.3 Å². The molecule has 37 heteroatoms. The predicted octanol–water partition coefficient (Wildman–Crippen LogP) is 11.3. The van der Waals surface area contributed by atoms with Crippen LogP contribution in [0.4, 0.5) is 54.6 Å². The van der Waals surface area contributed by atoms with E-state index >= 15 is 44.7 Å². The fourth-order valence-corrected chi connectivity index (χ4v) is 18.4. The maximum Gasteiger partial charge on any atom is 0.524 e. The Morgan fingerprint density at radius 3 is 1.94 bits per heavy atom. The average Bonchev–Trinajstić information content (AvgIpc) is 0.862. The second-order valence-corrected chi connectivity index (χ2v) is 34.5. The van der Waals surface area contributed by atoms with Gasteiger partial charge in [-0.3, -0.25) is 48.9 Å². The number of phosphoric acid groups is 1. The van der Waals surface area contributed by atoms with Crippen molar-refractivity contribution in [2.45, 2.75) is 199 Å². The number of amides is 3. The maximum atomic E-state index is 17.0. The molecule has 0 radical (unpaired) electrons. The van der Waals surface area contributed by atoms with Crippen molar-refractivity contribution in [2.75, 3.05) is 52.0 Å². The number of benzene rings is 3. The summed E-state index contributed by atoms with van der Waals surface area (Å²) in [4.78, 5) is 134. The highest BCUT2D eigenvalue weighted by molar-refractivity contribution is 7.46. The number of carbonyl (C=O) groups excluding carboxylic acids is 6. The Bertz CT molecular complexity index is 4590. The summed E-state index contributed by atoms with van der Waals surface area (Å²) in [5.41, 5.74) is -9.00. The van der Waals surface area contributed by atoms with Crippen LogP contribution in [0.2, 0.25) is 0 Å². The van der Waals surface area contributed by atoms with E-state index < -0.39 is 199 Å². The number of nitrogens with zero attached hydrogens (tertiary/aromatic N) is 7. The Morgan fingerprint density at radius 2 is 1.40 bits per heavy atom. The van der Waals surface area contributed by atoms with Gasteiger partial charge in [0.1, 0.15) is 29.5 Å². The molecular formula is C79H93F10N10O16P. The molecule has 4 aliphatic carbocycles. The summed E-state index contributed by atoms with van der Waals surface area (Å²) in [5, 5.41) is 19.8. The van der Waals surface area contributed by atoms with Gasteiger partial charge in [0.25, 0.3) is 0 Å². The first-order valence-corrected chi connectivity index (χ1v) is 39.3. The summed E-state index contributed by atoms with van der Waals surface area (Å²) in [6.45, 7) is 3.50. The number of alkyl carbamates (subject to hydrolysis) is 1. The van der Waals surface area contributed by atoms with E-state index in [0.29, 0.717) is 132 Å². The van der Waals surface area contributed by atoms with Gasteiger partial charge in [-0.25, -0.2) is 37.8 Å². The number of ketones is 1. The number of carboxylic acids is 1. The number of carboxylic acid groups (broad SMARTS) is 1. The summed E-state index contributed by atoms with van der Waals surface area (Å²) in [6, 6.07) is 9.21. The van der Waals surface area contributed by atoms with Gasteiger partial charge in [-0.05, 0) is 143 Å². The SMILES string of the molecule is COC(=O)C[C@H](C(=O)NN(Cc1c(F)cc(-c2ccn(C(F)F)n2)cc1F)C[C@H](OC(=O)CC(C)(C)c1c(CC(=O)NC23CC4CC(C2)CC(C(=O)O)(C4)C3)cc(C)cc1OP(=O)(O)O)[C@@H](CC(=O)[C@@H](NC(=O)OC)C(C)(C)C(F)(F)F)Cc1ccc(C#Cc2cnc(N3CC4CCC(C3)N4C3COC3)nc2)cc1)C(C)(C)C(F)(F)F. The largest absolute Gasteiger partial charge is 0.524 e. The van der Waals surface area contributed by atoms with Crippen LogP contribution in [0.15, 0.2) is 73.2 Å².